The summed E-state index contributed by atoms with van der Waals surface area (Å²) in [5.74, 6) is 0.451. The molecule has 46 valence electrons. The number of hydrogen-bond donors (Lipinski definition) is 0. The fraction of sp³-hybridized carbons (Fsp3) is 0.200. The third-order valence-corrected chi connectivity index (χ3v) is 0.724. The molecule has 0 spiro atoms. The SMILES string of the molecule is CC=Nc1ncncn1. The van der Waals surface area contributed by atoms with Gasteiger partial charge in [0.1, 0.15) is 12.7 Å². The van der Waals surface area contributed by atoms with Crippen molar-refractivity contribution in [1.82, 2.24) is 15.0 Å². The lowest BCUT2D eigenvalue weighted by atomic mass is 10.8. The lowest BCUT2D eigenvalue weighted by molar-refractivity contribution is 1.04. The molecule has 1 aromatic rings. The number of aromatic nitrogens is 3. The molecule has 0 aliphatic heterocycles. The van der Waals surface area contributed by atoms with E-state index < -0.39 is 0 Å². The van der Waals surface area contributed by atoms with E-state index >= 15 is 0 Å². The number of aliphatic imine (C=N–C) groups is 1. The van der Waals surface area contributed by atoms with Gasteiger partial charge in [0.25, 0.3) is 5.95 Å². The van der Waals surface area contributed by atoms with E-state index in [4.69, 9.17) is 0 Å². The van der Waals surface area contributed by atoms with Gasteiger partial charge in [-0.25, -0.2) is 9.98 Å². The minimum Gasteiger partial charge on any atom is -0.225 e. The van der Waals surface area contributed by atoms with E-state index in [2.05, 4.69) is 19.9 Å². The lowest BCUT2D eigenvalue weighted by Crippen LogP contribution is -1.80. The van der Waals surface area contributed by atoms with Gasteiger partial charge >= 0.3 is 0 Å². The Bertz CT molecular complexity index is 193. The third-order valence-electron chi connectivity index (χ3n) is 0.724. The van der Waals surface area contributed by atoms with Crippen LogP contribution in [0.4, 0.5) is 5.95 Å². The molecule has 4 heteroatoms. The highest BCUT2D eigenvalue weighted by Gasteiger charge is 1.82. The Morgan fingerprint density at radius 3 is 2.67 bits per heavy atom. The summed E-state index contributed by atoms with van der Waals surface area (Å²) in [6, 6.07) is 0. The molecule has 0 unspecified atom stereocenters. The van der Waals surface area contributed by atoms with Crippen molar-refractivity contribution in [2.24, 2.45) is 4.99 Å². The first-order valence-corrected chi connectivity index (χ1v) is 2.54. The Labute approximate surface area is 52.7 Å². The minimum atomic E-state index is 0.451. The largest absolute Gasteiger partial charge is 0.251 e. The second kappa shape index (κ2) is 2.86. The molecule has 0 aliphatic carbocycles. The van der Waals surface area contributed by atoms with E-state index in [1.54, 1.807) is 6.21 Å². The second-order valence-electron chi connectivity index (χ2n) is 1.33. The molecule has 0 fully saturated rings. The zero-order chi connectivity index (χ0) is 6.53. The highest BCUT2D eigenvalue weighted by molar-refractivity contribution is 5.56. The van der Waals surface area contributed by atoms with Crippen LogP contribution in [0.3, 0.4) is 0 Å². The van der Waals surface area contributed by atoms with Crippen LogP contribution in [0, 0.1) is 0 Å². The van der Waals surface area contributed by atoms with Crippen LogP contribution in [0.15, 0.2) is 17.6 Å². The van der Waals surface area contributed by atoms with Crippen LogP contribution < -0.4 is 0 Å². The van der Waals surface area contributed by atoms with Crippen molar-refractivity contribution in [2.75, 3.05) is 0 Å². The van der Waals surface area contributed by atoms with E-state index in [9.17, 15) is 0 Å². The molecular formula is C5H6N4. The van der Waals surface area contributed by atoms with Gasteiger partial charge in [-0.15, -0.1) is 0 Å². The molecule has 0 amide bonds. The van der Waals surface area contributed by atoms with Crippen molar-refractivity contribution in [3.05, 3.63) is 12.7 Å². The molecule has 0 saturated heterocycles. The first kappa shape index (κ1) is 5.81. The van der Waals surface area contributed by atoms with Gasteiger partial charge in [-0.05, 0) is 6.92 Å². The summed E-state index contributed by atoms with van der Waals surface area (Å²) in [5, 5.41) is 0. The van der Waals surface area contributed by atoms with Gasteiger partial charge in [-0.1, -0.05) is 0 Å². The van der Waals surface area contributed by atoms with Gasteiger partial charge in [0.15, 0.2) is 0 Å². The molecule has 1 rings (SSSR count). The predicted molar refractivity (Wildman–Crippen MR) is 33.7 cm³/mol. The summed E-state index contributed by atoms with van der Waals surface area (Å²) >= 11 is 0. The molecule has 1 heterocycles. The second-order valence-corrected chi connectivity index (χ2v) is 1.33. The number of nitrogens with zero attached hydrogens (tertiary/aromatic N) is 4. The van der Waals surface area contributed by atoms with Gasteiger partial charge in [0, 0.05) is 6.21 Å². The highest BCUT2D eigenvalue weighted by Crippen LogP contribution is 1.94. The van der Waals surface area contributed by atoms with E-state index in [1.165, 1.54) is 12.7 Å². The maximum Gasteiger partial charge on any atom is 0.251 e. The lowest BCUT2D eigenvalue weighted by Gasteiger charge is -1.84. The summed E-state index contributed by atoms with van der Waals surface area (Å²) in [6.45, 7) is 1.81. The van der Waals surface area contributed by atoms with Gasteiger partial charge < -0.3 is 0 Å². The van der Waals surface area contributed by atoms with Crippen molar-refractivity contribution < 1.29 is 0 Å². The van der Waals surface area contributed by atoms with Crippen molar-refractivity contribution in [3.8, 4) is 0 Å². The Morgan fingerprint density at radius 1 is 1.44 bits per heavy atom. The van der Waals surface area contributed by atoms with Crippen LogP contribution >= 0.6 is 0 Å². The van der Waals surface area contributed by atoms with Gasteiger partial charge in [0.2, 0.25) is 0 Å². The Balaban J connectivity index is 2.85. The molecule has 0 N–H and O–H groups in total. The monoisotopic (exact) mass is 122 g/mol. The molecular weight excluding hydrogens is 116 g/mol. The van der Waals surface area contributed by atoms with E-state index in [-0.39, 0.29) is 0 Å². The molecule has 9 heavy (non-hydrogen) atoms. The molecule has 0 bridgehead atoms. The van der Waals surface area contributed by atoms with Crippen molar-refractivity contribution >= 4 is 12.2 Å². The summed E-state index contributed by atoms with van der Waals surface area (Å²) < 4.78 is 0. The smallest absolute Gasteiger partial charge is 0.225 e. The fourth-order valence-corrected chi connectivity index (χ4v) is 0.415. The van der Waals surface area contributed by atoms with E-state index in [0.717, 1.165) is 0 Å². The highest BCUT2D eigenvalue weighted by atomic mass is 15.1. The fourth-order valence-electron chi connectivity index (χ4n) is 0.415. The molecule has 1 aromatic heterocycles. The normalized spacial score (nSPS) is 10.3. The standard InChI is InChI=1S/C5H6N4/c1-2-7-5-8-3-6-4-9-5/h2-4H,1H3. The molecule has 0 aliphatic rings. The Morgan fingerprint density at radius 2 is 2.11 bits per heavy atom. The average molecular weight is 122 g/mol. The zero-order valence-electron chi connectivity index (χ0n) is 5.02. The van der Waals surface area contributed by atoms with Gasteiger partial charge in [0.05, 0.1) is 0 Å². The average Bonchev–Trinajstić information content (AvgIpc) is 1.91. The van der Waals surface area contributed by atoms with Crippen LogP contribution in [0.1, 0.15) is 6.92 Å². The minimum absolute atomic E-state index is 0.451. The molecule has 0 saturated carbocycles. The quantitative estimate of drug-likeness (QED) is 0.512. The Kier molecular flexibility index (Phi) is 1.85. The number of rotatable bonds is 1. The van der Waals surface area contributed by atoms with E-state index in [1.807, 2.05) is 6.92 Å². The maximum atomic E-state index is 3.82. The van der Waals surface area contributed by atoms with Crippen LogP contribution in [0.2, 0.25) is 0 Å². The van der Waals surface area contributed by atoms with Crippen molar-refractivity contribution in [2.45, 2.75) is 6.92 Å². The summed E-state index contributed by atoms with van der Waals surface area (Å²) in [6.07, 6.45) is 4.46. The van der Waals surface area contributed by atoms with Gasteiger partial charge in [-0.2, -0.15) is 9.97 Å². The number of hydrogen-bond acceptors (Lipinski definition) is 4. The first-order valence-electron chi connectivity index (χ1n) is 2.54. The molecule has 4 nitrogen and oxygen atoms in total. The topological polar surface area (TPSA) is 51.0 Å². The van der Waals surface area contributed by atoms with Gasteiger partial charge in [-0.3, -0.25) is 0 Å². The summed E-state index contributed by atoms with van der Waals surface area (Å²) in [5.41, 5.74) is 0. The first-order chi connectivity index (χ1) is 4.43. The molecule has 0 atom stereocenters. The Hall–Kier alpha value is -1.32. The predicted octanol–water partition coefficient (Wildman–Crippen LogP) is 0.594. The van der Waals surface area contributed by atoms with Crippen molar-refractivity contribution in [3.63, 3.8) is 0 Å². The molecule has 0 aromatic carbocycles. The maximum absolute atomic E-state index is 3.82. The summed E-state index contributed by atoms with van der Waals surface area (Å²) in [7, 11) is 0. The third kappa shape index (κ3) is 1.56. The van der Waals surface area contributed by atoms with E-state index in [0.29, 0.717) is 5.95 Å². The van der Waals surface area contributed by atoms with Crippen LogP contribution in [-0.4, -0.2) is 21.2 Å². The zero-order valence-corrected chi connectivity index (χ0v) is 5.02. The molecule has 0 radical (unpaired) electrons. The van der Waals surface area contributed by atoms with Crippen LogP contribution in [-0.2, 0) is 0 Å². The van der Waals surface area contributed by atoms with Crippen molar-refractivity contribution in [1.29, 1.82) is 0 Å². The van der Waals surface area contributed by atoms with Crippen LogP contribution in [0.5, 0.6) is 0 Å². The summed E-state index contributed by atoms with van der Waals surface area (Å²) in [4.78, 5) is 14.9. The van der Waals surface area contributed by atoms with Crippen LogP contribution in [0.25, 0.3) is 0 Å².